The van der Waals surface area contributed by atoms with Crippen LogP contribution in [0.15, 0.2) is 35.3 Å². The third-order valence-electron chi connectivity index (χ3n) is 6.86. The molecular formula is C26H29ClF3N5O3. The summed E-state index contributed by atoms with van der Waals surface area (Å²) in [5.74, 6) is 0. The molecule has 12 heteroatoms. The highest BCUT2D eigenvalue weighted by Crippen LogP contribution is 2.35. The predicted molar refractivity (Wildman–Crippen MR) is 136 cm³/mol. The number of ether oxygens (including phenoxy) is 2. The van der Waals surface area contributed by atoms with Crippen molar-refractivity contribution in [2.45, 2.75) is 64.5 Å². The Morgan fingerprint density at radius 2 is 2.05 bits per heavy atom. The number of hydrogen-bond acceptors (Lipinski definition) is 6. The second kappa shape index (κ2) is 11.0. The monoisotopic (exact) mass is 551 g/mol. The van der Waals surface area contributed by atoms with Gasteiger partial charge in [-0.3, -0.25) is 9.36 Å². The van der Waals surface area contributed by atoms with Crippen molar-refractivity contribution >= 4 is 17.3 Å². The molecule has 1 fully saturated rings. The molecule has 0 aliphatic carbocycles. The van der Waals surface area contributed by atoms with Gasteiger partial charge in [0.2, 0.25) is 0 Å². The molecule has 0 N–H and O–H groups in total. The van der Waals surface area contributed by atoms with Gasteiger partial charge in [0.05, 0.1) is 42.8 Å². The second-order valence-corrected chi connectivity index (χ2v) is 9.84. The van der Waals surface area contributed by atoms with Crippen molar-refractivity contribution < 1.29 is 22.6 Å². The topological polar surface area (TPSA) is 74.4 Å². The van der Waals surface area contributed by atoms with Crippen LogP contribution in [0.4, 0.5) is 18.9 Å². The van der Waals surface area contributed by atoms with Crippen LogP contribution in [0.2, 0.25) is 5.02 Å². The van der Waals surface area contributed by atoms with E-state index in [0.717, 1.165) is 31.0 Å². The van der Waals surface area contributed by atoms with Crippen LogP contribution >= 0.6 is 11.6 Å². The third kappa shape index (κ3) is 5.26. The molecule has 0 bridgehead atoms. The number of rotatable bonds is 7. The zero-order valence-electron chi connectivity index (χ0n) is 21.0. The molecule has 2 aromatic heterocycles. The van der Waals surface area contributed by atoms with Crippen molar-refractivity contribution in [3.8, 4) is 6.01 Å². The summed E-state index contributed by atoms with van der Waals surface area (Å²) in [6, 6.07) is 5.82. The summed E-state index contributed by atoms with van der Waals surface area (Å²) >= 11 is 6.52. The minimum Gasteiger partial charge on any atom is -0.465 e. The molecule has 2 aliphatic heterocycles. The van der Waals surface area contributed by atoms with Crippen molar-refractivity contribution in [3.63, 3.8) is 0 Å². The van der Waals surface area contributed by atoms with Crippen molar-refractivity contribution in [1.82, 2.24) is 19.3 Å². The Morgan fingerprint density at radius 1 is 1.24 bits per heavy atom. The molecule has 38 heavy (non-hydrogen) atoms. The fourth-order valence-electron chi connectivity index (χ4n) is 4.97. The summed E-state index contributed by atoms with van der Waals surface area (Å²) in [6.45, 7) is 3.69. The Balaban J connectivity index is 1.44. The van der Waals surface area contributed by atoms with Crippen molar-refractivity contribution in [3.05, 3.63) is 68.4 Å². The first-order chi connectivity index (χ1) is 18.3. The second-order valence-electron chi connectivity index (χ2n) is 9.46. The van der Waals surface area contributed by atoms with Gasteiger partial charge in [-0.1, -0.05) is 36.7 Å². The first-order valence-corrected chi connectivity index (χ1v) is 13.2. The first kappa shape index (κ1) is 26.6. The predicted octanol–water partition coefficient (Wildman–Crippen LogP) is 5.21. The molecule has 4 heterocycles. The average Bonchev–Trinajstić information content (AvgIpc) is 3.25. The summed E-state index contributed by atoms with van der Waals surface area (Å²) in [7, 11) is 0. The van der Waals surface area contributed by atoms with Crippen LogP contribution in [-0.4, -0.2) is 39.1 Å². The number of aromatic nitrogens is 4. The van der Waals surface area contributed by atoms with E-state index in [4.69, 9.17) is 21.1 Å². The molecule has 0 saturated carbocycles. The maximum Gasteiger partial charge on any atom is 0.416 e. The lowest BCUT2D eigenvalue weighted by molar-refractivity contribution is -0.138. The van der Waals surface area contributed by atoms with Gasteiger partial charge >= 0.3 is 6.18 Å². The van der Waals surface area contributed by atoms with Gasteiger partial charge in [0.15, 0.2) is 6.23 Å². The van der Waals surface area contributed by atoms with Crippen LogP contribution in [0.3, 0.4) is 0 Å². The SMILES string of the molecule is CCCOc1nc2c(n1Cc1ccccc1C(F)(F)F)CCN(c1cnn(C3CCCCO3)c(=O)c1Cl)C2. The van der Waals surface area contributed by atoms with E-state index in [0.29, 0.717) is 50.5 Å². The normalized spacial score (nSPS) is 17.9. The molecule has 1 aromatic carbocycles. The Hall–Kier alpha value is -3.05. The number of halogens is 4. The van der Waals surface area contributed by atoms with Crippen molar-refractivity contribution in [1.29, 1.82) is 0 Å². The van der Waals surface area contributed by atoms with Crippen LogP contribution in [0, 0.1) is 0 Å². The summed E-state index contributed by atoms with van der Waals surface area (Å²) in [6.07, 6.45) is 0.483. The number of nitrogens with zero attached hydrogens (tertiary/aromatic N) is 5. The van der Waals surface area contributed by atoms with Crippen molar-refractivity contribution in [2.24, 2.45) is 0 Å². The lowest BCUT2D eigenvalue weighted by atomic mass is 10.1. The summed E-state index contributed by atoms with van der Waals surface area (Å²) in [4.78, 5) is 19.6. The van der Waals surface area contributed by atoms with Gasteiger partial charge in [0.25, 0.3) is 11.6 Å². The van der Waals surface area contributed by atoms with E-state index in [1.165, 1.54) is 16.8 Å². The molecule has 5 rings (SSSR count). The van der Waals surface area contributed by atoms with Crippen LogP contribution in [0.5, 0.6) is 6.01 Å². The Morgan fingerprint density at radius 3 is 2.79 bits per heavy atom. The first-order valence-electron chi connectivity index (χ1n) is 12.8. The smallest absolute Gasteiger partial charge is 0.416 e. The summed E-state index contributed by atoms with van der Waals surface area (Å²) in [5.41, 5.74) is 1.01. The number of hydrogen-bond donors (Lipinski definition) is 0. The van der Waals surface area contributed by atoms with E-state index in [1.807, 2.05) is 11.8 Å². The zero-order chi connectivity index (χ0) is 26.9. The van der Waals surface area contributed by atoms with Crippen LogP contribution < -0.4 is 15.2 Å². The van der Waals surface area contributed by atoms with E-state index >= 15 is 0 Å². The highest BCUT2D eigenvalue weighted by atomic mass is 35.5. The molecule has 1 unspecified atom stereocenters. The molecule has 204 valence electrons. The van der Waals surface area contributed by atoms with E-state index in [2.05, 4.69) is 10.1 Å². The zero-order valence-corrected chi connectivity index (χ0v) is 21.8. The maximum absolute atomic E-state index is 13.7. The third-order valence-corrected chi connectivity index (χ3v) is 7.22. The minimum atomic E-state index is -4.47. The standard InChI is InChI=1S/C26H29ClF3N5O3/c1-2-12-38-25-32-19-16-33(21-14-31-35(24(36)23(21)27)22-9-5-6-13-37-22)11-10-20(19)34(25)15-17-7-3-4-8-18(17)26(28,29)30/h3-4,7-8,14,22H,2,5-6,9-13,15-16H2,1H3. The van der Waals surface area contributed by atoms with E-state index in [-0.39, 0.29) is 23.1 Å². The Bertz CT molecular complexity index is 1350. The summed E-state index contributed by atoms with van der Waals surface area (Å²) in [5, 5.41) is 4.40. The van der Waals surface area contributed by atoms with Crippen LogP contribution in [0.1, 0.15) is 61.3 Å². The highest BCUT2D eigenvalue weighted by Gasteiger charge is 2.34. The molecule has 1 atom stereocenters. The summed E-state index contributed by atoms with van der Waals surface area (Å²) < 4.78 is 55.5. The molecule has 1 saturated heterocycles. The van der Waals surface area contributed by atoms with Gasteiger partial charge in [-0.05, 0) is 37.3 Å². The molecule has 0 radical (unpaired) electrons. The number of fused-ring (bicyclic) bond motifs is 1. The average molecular weight is 552 g/mol. The van der Waals surface area contributed by atoms with Crippen molar-refractivity contribution in [2.75, 3.05) is 24.7 Å². The van der Waals surface area contributed by atoms with E-state index in [1.54, 1.807) is 16.8 Å². The van der Waals surface area contributed by atoms with E-state index < -0.39 is 23.5 Å². The van der Waals surface area contributed by atoms with E-state index in [9.17, 15) is 18.0 Å². The number of anilines is 1. The maximum atomic E-state index is 13.7. The number of imidazole rings is 1. The molecule has 2 aliphatic rings. The van der Waals surface area contributed by atoms with Crippen LogP contribution in [0.25, 0.3) is 0 Å². The molecular weight excluding hydrogens is 523 g/mol. The fraction of sp³-hybridized carbons (Fsp3) is 0.500. The fourth-order valence-corrected chi connectivity index (χ4v) is 5.23. The Labute approximate surface area is 222 Å². The lowest BCUT2D eigenvalue weighted by Gasteiger charge is -2.30. The van der Waals surface area contributed by atoms with Gasteiger partial charge in [0.1, 0.15) is 5.02 Å². The Kier molecular flexibility index (Phi) is 7.67. The largest absolute Gasteiger partial charge is 0.465 e. The highest BCUT2D eigenvalue weighted by molar-refractivity contribution is 6.33. The number of alkyl halides is 3. The molecule has 3 aromatic rings. The molecule has 0 amide bonds. The van der Waals surface area contributed by atoms with Gasteiger partial charge in [-0.25, -0.2) is 0 Å². The van der Waals surface area contributed by atoms with Gasteiger partial charge in [-0.2, -0.15) is 27.9 Å². The molecule has 0 spiro atoms. The van der Waals surface area contributed by atoms with Crippen LogP contribution in [-0.2, 0) is 30.4 Å². The van der Waals surface area contributed by atoms with Gasteiger partial charge in [0, 0.05) is 25.3 Å². The molecule has 8 nitrogen and oxygen atoms in total. The quantitative estimate of drug-likeness (QED) is 0.401. The lowest BCUT2D eigenvalue weighted by Crippen LogP contribution is -2.36. The van der Waals surface area contributed by atoms with Gasteiger partial charge in [-0.15, -0.1) is 0 Å². The van der Waals surface area contributed by atoms with Gasteiger partial charge < -0.3 is 14.4 Å². The minimum absolute atomic E-state index is 0.0171. The number of benzene rings is 1.